The monoisotopic (exact) mass is 334 g/mol. The Morgan fingerprint density at radius 3 is 2.67 bits per heavy atom. The normalized spacial score (nSPS) is 15.6. The van der Waals surface area contributed by atoms with Crippen molar-refractivity contribution >= 4 is 28.3 Å². The second-order valence-electron chi connectivity index (χ2n) is 4.58. The Labute approximate surface area is 130 Å². The summed E-state index contributed by atoms with van der Waals surface area (Å²) in [6, 6.07) is 3.02. The summed E-state index contributed by atoms with van der Waals surface area (Å²) in [4.78, 5) is 17.6. The van der Waals surface area contributed by atoms with E-state index in [0.29, 0.717) is 13.1 Å². The van der Waals surface area contributed by atoms with E-state index in [1.165, 1.54) is 25.5 Å². The molecule has 1 aliphatic heterocycles. The van der Waals surface area contributed by atoms with Gasteiger partial charge in [0.1, 0.15) is 4.90 Å². The average molecular weight is 335 g/mol. The van der Waals surface area contributed by atoms with Crippen molar-refractivity contribution in [2.45, 2.75) is 4.90 Å². The van der Waals surface area contributed by atoms with E-state index in [2.05, 4.69) is 10.3 Å². The lowest BCUT2D eigenvalue weighted by Crippen LogP contribution is -2.49. The summed E-state index contributed by atoms with van der Waals surface area (Å²) >= 11 is 0. The highest BCUT2D eigenvalue weighted by atomic mass is 35.5. The fourth-order valence-corrected chi connectivity index (χ4v) is 3.05. The third-order valence-electron chi connectivity index (χ3n) is 3.17. The van der Waals surface area contributed by atoms with E-state index in [1.54, 1.807) is 11.0 Å². The molecule has 0 aliphatic carbocycles. The summed E-state index contributed by atoms with van der Waals surface area (Å²) < 4.78 is 25.6. The molecule has 1 N–H and O–H groups in total. The summed E-state index contributed by atoms with van der Waals surface area (Å²) in [5.74, 6) is -0.179. The van der Waals surface area contributed by atoms with Crippen LogP contribution in [0.2, 0.25) is 0 Å². The fourth-order valence-electron chi connectivity index (χ4n) is 1.97. The minimum atomic E-state index is -3.67. The van der Waals surface area contributed by atoms with E-state index in [1.807, 2.05) is 0 Å². The first-order chi connectivity index (χ1) is 9.51. The Bertz CT molecular complexity index is 561. The minimum Gasteiger partial charge on any atom is -0.339 e. The Morgan fingerprint density at radius 1 is 1.43 bits per heavy atom. The number of pyridine rings is 1. The lowest BCUT2D eigenvalue weighted by atomic mass is 10.3. The van der Waals surface area contributed by atoms with Crippen LogP contribution in [0.1, 0.15) is 0 Å². The maximum Gasteiger partial charge on any atom is 0.244 e. The third-order valence-corrected chi connectivity index (χ3v) is 4.96. The second kappa shape index (κ2) is 7.69. The van der Waals surface area contributed by atoms with Crippen LogP contribution < -0.4 is 5.32 Å². The standard InChI is InChI=1S/C12H18N4O3S.ClH/c1-15(10-12(17)16-7-5-13-6-8-16)20(18,19)11-3-2-4-14-9-11;/h2-4,9,13H,5-8,10H2,1H3;1H. The summed E-state index contributed by atoms with van der Waals surface area (Å²) in [5, 5.41) is 3.14. The van der Waals surface area contributed by atoms with Gasteiger partial charge in [-0.15, -0.1) is 12.4 Å². The molecule has 2 rings (SSSR count). The zero-order chi connectivity index (χ0) is 14.6. The average Bonchev–Trinajstić information content (AvgIpc) is 2.49. The molecule has 0 spiro atoms. The molecule has 9 heteroatoms. The van der Waals surface area contributed by atoms with E-state index in [9.17, 15) is 13.2 Å². The number of aromatic nitrogens is 1. The highest BCUT2D eigenvalue weighted by Gasteiger charge is 2.25. The van der Waals surface area contributed by atoms with E-state index in [-0.39, 0.29) is 29.8 Å². The highest BCUT2D eigenvalue weighted by molar-refractivity contribution is 7.89. The fraction of sp³-hybridized carbons (Fsp3) is 0.500. The van der Waals surface area contributed by atoms with Crippen LogP contribution in [0, 0.1) is 0 Å². The van der Waals surface area contributed by atoms with E-state index in [4.69, 9.17) is 0 Å². The van der Waals surface area contributed by atoms with Crippen molar-refractivity contribution in [2.24, 2.45) is 0 Å². The number of hydrogen-bond donors (Lipinski definition) is 1. The van der Waals surface area contributed by atoms with Crippen molar-refractivity contribution < 1.29 is 13.2 Å². The summed E-state index contributed by atoms with van der Waals surface area (Å²) in [6.45, 7) is 2.55. The van der Waals surface area contributed by atoms with Crippen LogP contribution in [0.25, 0.3) is 0 Å². The number of sulfonamides is 1. The molecule has 118 valence electrons. The zero-order valence-corrected chi connectivity index (χ0v) is 13.4. The number of carbonyl (C=O) groups is 1. The molecular formula is C12H19ClN4O3S. The molecule has 1 aromatic heterocycles. The SMILES string of the molecule is CN(CC(=O)N1CCNCC1)S(=O)(=O)c1cccnc1.Cl. The maximum absolute atomic E-state index is 12.3. The number of rotatable bonds is 4. The summed E-state index contributed by atoms with van der Waals surface area (Å²) in [6.07, 6.45) is 2.78. The first-order valence-corrected chi connectivity index (χ1v) is 7.80. The molecule has 0 atom stereocenters. The van der Waals surface area contributed by atoms with Crippen molar-refractivity contribution in [3.05, 3.63) is 24.5 Å². The number of nitrogens with zero attached hydrogens (tertiary/aromatic N) is 3. The molecular weight excluding hydrogens is 316 g/mol. The highest BCUT2D eigenvalue weighted by Crippen LogP contribution is 2.12. The van der Waals surface area contributed by atoms with Crippen LogP contribution in [0.5, 0.6) is 0 Å². The minimum absolute atomic E-state index is 0. The molecule has 1 amide bonds. The van der Waals surface area contributed by atoms with Gasteiger partial charge in [0.2, 0.25) is 15.9 Å². The van der Waals surface area contributed by atoms with Crippen molar-refractivity contribution in [1.82, 2.24) is 19.5 Å². The molecule has 0 saturated carbocycles. The molecule has 0 radical (unpaired) electrons. The van der Waals surface area contributed by atoms with Gasteiger partial charge < -0.3 is 10.2 Å². The molecule has 7 nitrogen and oxygen atoms in total. The smallest absolute Gasteiger partial charge is 0.244 e. The Morgan fingerprint density at radius 2 is 2.10 bits per heavy atom. The molecule has 1 saturated heterocycles. The number of nitrogens with one attached hydrogen (secondary N) is 1. The molecule has 1 aromatic rings. The number of hydrogen-bond acceptors (Lipinski definition) is 5. The molecule has 0 unspecified atom stereocenters. The van der Waals surface area contributed by atoms with Gasteiger partial charge in [0.05, 0.1) is 6.54 Å². The van der Waals surface area contributed by atoms with E-state index in [0.717, 1.165) is 17.4 Å². The number of carbonyl (C=O) groups excluding carboxylic acids is 1. The van der Waals surface area contributed by atoms with Crippen molar-refractivity contribution in [2.75, 3.05) is 39.8 Å². The van der Waals surface area contributed by atoms with Crippen molar-refractivity contribution in [3.63, 3.8) is 0 Å². The molecule has 0 bridgehead atoms. The van der Waals surface area contributed by atoms with Crippen LogP contribution in [0.3, 0.4) is 0 Å². The molecule has 1 fully saturated rings. The number of halogens is 1. The molecule has 1 aliphatic rings. The second-order valence-corrected chi connectivity index (χ2v) is 6.63. The first-order valence-electron chi connectivity index (χ1n) is 6.36. The van der Waals surface area contributed by atoms with Crippen molar-refractivity contribution in [3.8, 4) is 0 Å². The Hall–Kier alpha value is -1.22. The van der Waals surface area contributed by atoms with Gasteiger partial charge in [-0.3, -0.25) is 9.78 Å². The van der Waals surface area contributed by atoms with Gasteiger partial charge in [-0.05, 0) is 12.1 Å². The van der Waals surface area contributed by atoms with Crippen LogP contribution in [0.15, 0.2) is 29.4 Å². The number of likely N-dealkylation sites (N-methyl/N-ethyl adjacent to an activating group) is 1. The molecule has 21 heavy (non-hydrogen) atoms. The van der Waals surface area contributed by atoms with Gasteiger partial charge in [0.15, 0.2) is 0 Å². The lowest BCUT2D eigenvalue weighted by molar-refractivity contribution is -0.131. The van der Waals surface area contributed by atoms with Gasteiger partial charge in [0, 0.05) is 45.6 Å². The third kappa shape index (κ3) is 4.37. The number of piperazine rings is 1. The summed E-state index contributed by atoms with van der Waals surface area (Å²) in [7, 11) is -2.26. The van der Waals surface area contributed by atoms with Crippen molar-refractivity contribution in [1.29, 1.82) is 0 Å². The van der Waals surface area contributed by atoms with Crippen LogP contribution in [0.4, 0.5) is 0 Å². The van der Waals surface area contributed by atoms with Gasteiger partial charge >= 0.3 is 0 Å². The molecule has 2 heterocycles. The Kier molecular flexibility index (Phi) is 6.53. The van der Waals surface area contributed by atoms with Gasteiger partial charge in [-0.2, -0.15) is 4.31 Å². The summed E-state index contributed by atoms with van der Waals surface area (Å²) in [5.41, 5.74) is 0. The van der Waals surface area contributed by atoms with E-state index >= 15 is 0 Å². The topological polar surface area (TPSA) is 82.6 Å². The largest absolute Gasteiger partial charge is 0.339 e. The van der Waals surface area contributed by atoms with Crippen LogP contribution in [-0.2, 0) is 14.8 Å². The van der Waals surface area contributed by atoms with Gasteiger partial charge in [0.25, 0.3) is 0 Å². The predicted octanol–water partition coefficient (Wildman–Crippen LogP) is -0.444. The van der Waals surface area contributed by atoms with Gasteiger partial charge in [-0.1, -0.05) is 0 Å². The quantitative estimate of drug-likeness (QED) is 0.807. The maximum atomic E-state index is 12.3. The van der Waals surface area contributed by atoms with E-state index < -0.39 is 10.0 Å². The molecule has 0 aromatic carbocycles. The Balaban J connectivity index is 0.00000220. The van der Waals surface area contributed by atoms with Crippen LogP contribution >= 0.6 is 12.4 Å². The van der Waals surface area contributed by atoms with Crippen LogP contribution in [-0.4, -0.2) is 68.3 Å². The lowest BCUT2D eigenvalue weighted by Gasteiger charge is -2.29. The zero-order valence-electron chi connectivity index (χ0n) is 11.7. The van der Waals surface area contributed by atoms with Gasteiger partial charge in [-0.25, -0.2) is 8.42 Å². The first kappa shape index (κ1) is 17.8. The number of amides is 1. The predicted molar refractivity (Wildman–Crippen MR) is 80.8 cm³/mol.